The molecule has 6 nitrogen and oxygen atoms in total. The molecule has 1 aliphatic rings. The summed E-state index contributed by atoms with van der Waals surface area (Å²) in [7, 11) is 0. The van der Waals surface area contributed by atoms with Gasteiger partial charge in [-0.2, -0.15) is 5.53 Å². The Labute approximate surface area is 139 Å². The molecule has 23 heavy (non-hydrogen) atoms. The van der Waals surface area contributed by atoms with Gasteiger partial charge in [0.1, 0.15) is 12.2 Å². The molecule has 0 radical (unpaired) electrons. The SMILES string of the molecule is Cc1ccc(NC2NNNC2C(=O)NCc2cccs2)cc1C. The van der Waals surface area contributed by atoms with Crippen LogP contribution in [0.1, 0.15) is 16.0 Å². The quantitative estimate of drug-likeness (QED) is 0.573. The smallest absolute Gasteiger partial charge is 0.242 e. The zero-order valence-electron chi connectivity index (χ0n) is 13.1. The predicted octanol–water partition coefficient (Wildman–Crippen LogP) is 1.40. The molecule has 2 aromatic rings. The lowest BCUT2D eigenvalue weighted by Crippen LogP contribution is -2.50. The molecule has 0 saturated carbocycles. The molecule has 1 aliphatic heterocycles. The topological polar surface area (TPSA) is 77.2 Å². The number of rotatable bonds is 5. The van der Waals surface area contributed by atoms with Crippen LogP contribution in [0.4, 0.5) is 5.69 Å². The number of carbonyl (C=O) groups excluding carboxylic acids is 1. The van der Waals surface area contributed by atoms with Crippen LogP contribution in [0.2, 0.25) is 0 Å². The lowest BCUT2D eigenvalue weighted by Gasteiger charge is -2.20. The average Bonchev–Trinajstić information content (AvgIpc) is 3.20. The fraction of sp³-hybridized carbons (Fsp3) is 0.312. The van der Waals surface area contributed by atoms with Crippen molar-refractivity contribution < 1.29 is 4.79 Å². The van der Waals surface area contributed by atoms with Crippen molar-refractivity contribution in [1.29, 1.82) is 0 Å². The van der Waals surface area contributed by atoms with Crippen LogP contribution in [0.15, 0.2) is 35.7 Å². The van der Waals surface area contributed by atoms with Gasteiger partial charge in [-0.15, -0.1) is 11.3 Å². The molecule has 1 saturated heterocycles. The molecule has 2 unspecified atom stereocenters. The molecule has 1 amide bonds. The molecule has 1 aromatic heterocycles. The maximum absolute atomic E-state index is 12.4. The Hall–Kier alpha value is -1.93. The van der Waals surface area contributed by atoms with Gasteiger partial charge < -0.3 is 10.6 Å². The molecule has 122 valence electrons. The zero-order valence-corrected chi connectivity index (χ0v) is 14.0. The van der Waals surface area contributed by atoms with Crippen LogP contribution in [0.3, 0.4) is 0 Å². The molecule has 0 spiro atoms. The lowest BCUT2D eigenvalue weighted by atomic mass is 10.1. The highest BCUT2D eigenvalue weighted by Crippen LogP contribution is 2.16. The number of hydrazine groups is 2. The van der Waals surface area contributed by atoms with Crippen LogP contribution in [0.5, 0.6) is 0 Å². The van der Waals surface area contributed by atoms with E-state index < -0.39 is 6.04 Å². The second-order valence-corrected chi connectivity index (χ2v) is 6.64. The van der Waals surface area contributed by atoms with E-state index in [2.05, 4.69) is 53.0 Å². The Bertz CT molecular complexity index is 673. The summed E-state index contributed by atoms with van der Waals surface area (Å²) in [6.45, 7) is 4.70. The van der Waals surface area contributed by atoms with E-state index in [-0.39, 0.29) is 12.1 Å². The molecule has 3 rings (SSSR count). The number of benzene rings is 1. The van der Waals surface area contributed by atoms with E-state index in [0.717, 1.165) is 10.6 Å². The number of amides is 1. The van der Waals surface area contributed by atoms with E-state index in [9.17, 15) is 4.79 Å². The fourth-order valence-corrected chi connectivity index (χ4v) is 3.05. The first-order valence-electron chi connectivity index (χ1n) is 7.53. The van der Waals surface area contributed by atoms with Crippen molar-refractivity contribution in [2.45, 2.75) is 32.6 Å². The minimum absolute atomic E-state index is 0.0581. The summed E-state index contributed by atoms with van der Waals surface area (Å²) in [5.41, 5.74) is 12.2. The highest BCUT2D eigenvalue weighted by molar-refractivity contribution is 7.09. The van der Waals surface area contributed by atoms with Crippen molar-refractivity contribution in [3.8, 4) is 0 Å². The van der Waals surface area contributed by atoms with E-state index in [1.165, 1.54) is 11.1 Å². The highest BCUT2D eigenvalue weighted by Gasteiger charge is 2.32. The third-order valence-corrected chi connectivity index (χ3v) is 4.79. The Kier molecular flexibility index (Phi) is 4.92. The second kappa shape index (κ2) is 7.10. The van der Waals surface area contributed by atoms with Crippen LogP contribution in [-0.4, -0.2) is 18.1 Å². The Morgan fingerprint density at radius 1 is 1.22 bits per heavy atom. The van der Waals surface area contributed by atoms with Crippen molar-refractivity contribution in [2.24, 2.45) is 0 Å². The van der Waals surface area contributed by atoms with Crippen molar-refractivity contribution in [3.05, 3.63) is 51.7 Å². The van der Waals surface area contributed by atoms with Gasteiger partial charge in [0.25, 0.3) is 0 Å². The average molecular weight is 331 g/mol. The first kappa shape index (κ1) is 15.9. The maximum Gasteiger partial charge on any atom is 0.242 e. The molecule has 7 heteroatoms. The van der Waals surface area contributed by atoms with Crippen molar-refractivity contribution >= 4 is 22.9 Å². The zero-order chi connectivity index (χ0) is 16.2. The number of nitrogens with one attached hydrogen (secondary N) is 5. The Balaban J connectivity index is 1.60. The number of aryl methyl sites for hydroxylation is 2. The molecular formula is C16H21N5OS. The fourth-order valence-electron chi connectivity index (χ4n) is 2.41. The monoisotopic (exact) mass is 331 g/mol. The number of hydrogen-bond donors (Lipinski definition) is 5. The van der Waals surface area contributed by atoms with Gasteiger partial charge in [-0.3, -0.25) is 4.79 Å². The van der Waals surface area contributed by atoms with E-state index in [0.29, 0.717) is 6.54 Å². The molecule has 0 aliphatic carbocycles. The number of carbonyl (C=O) groups is 1. The Morgan fingerprint density at radius 2 is 2.09 bits per heavy atom. The highest BCUT2D eigenvalue weighted by atomic mass is 32.1. The third-order valence-electron chi connectivity index (χ3n) is 3.92. The summed E-state index contributed by atoms with van der Waals surface area (Å²) in [5, 5.41) is 8.29. The molecular weight excluding hydrogens is 310 g/mol. The molecule has 2 heterocycles. The minimum Gasteiger partial charge on any atom is -0.367 e. The van der Waals surface area contributed by atoms with Gasteiger partial charge >= 0.3 is 0 Å². The molecule has 0 bridgehead atoms. The van der Waals surface area contributed by atoms with Crippen LogP contribution in [0, 0.1) is 13.8 Å². The van der Waals surface area contributed by atoms with Crippen LogP contribution in [0.25, 0.3) is 0 Å². The number of thiophene rings is 1. The molecule has 2 atom stereocenters. The first-order chi connectivity index (χ1) is 11.1. The van der Waals surface area contributed by atoms with Crippen molar-refractivity contribution in [1.82, 2.24) is 21.7 Å². The summed E-state index contributed by atoms with van der Waals surface area (Å²) in [6, 6.07) is 9.75. The first-order valence-corrected chi connectivity index (χ1v) is 8.41. The summed E-state index contributed by atoms with van der Waals surface area (Å²) in [5.74, 6) is -0.0581. The normalized spacial score (nSPS) is 20.4. The summed E-state index contributed by atoms with van der Waals surface area (Å²) < 4.78 is 0. The Morgan fingerprint density at radius 3 is 2.83 bits per heavy atom. The standard InChI is InChI=1S/C16H21N5OS/c1-10-5-6-12(8-11(10)2)18-15-14(19-21-20-15)16(22)17-9-13-4-3-7-23-13/h3-8,14-15,18-21H,9H2,1-2H3,(H,17,22). The summed E-state index contributed by atoms with van der Waals surface area (Å²) in [6.07, 6.45) is -0.236. The minimum atomic E-state index is -0.406. The van der Waals surface area contributed by atoms with Gasteiger partial charge in [0.2, 0.25) is 5.91 Å². The van der Waals surface area contributed by atoms with Crippen LogP contribution in [-0.2, 0) is 11.3 Å². The lowest BCUT2D eigenvalue weighted by molar-refractivity contribution is -0.123. The maximum atomic E-state index is 12.4. The largest absolute Gasteiger partial charge is 0.367 e. The van der Waals surface area contributed by atoms with Gasteiger partial charge in [-0.25, -0.2) is 10.9 Å². The van der Waals surface area contributed by atoms with Crippen molar-refractivity contribution in [3.63, 3.8) is 0 Å². The molecule has 5 N–H and O–H groups in total. The predicted molar refractivity (Wildman–Crippen MR) is 92.7 cm³/mol. The summed E-state index contributed by atoms with van der Waals surface area (Å²) >= 11 is 1.63. The van der Waals surface area contributed by atoms with Crippen LogP contribution < -0.4 is 27.0 Å². The van der Waals surface area contributed by atoms with E-state index in [4.69, 9.17) is 0 Å². The molecule has 1 fully saturated rings. The number of hydrogen-bond acceptors (Lipinski definition) is 6. The van der Waals surface area contributed by atoms with Gasteiger partial charge in [0.05, 0.1) is 6.54 Å². The van der Waals surface area contributed by atoms with E-state index >= 15 is 0 Å². The van der Waals surface area contributed by atoms with Gasteiger partial charge in [0, 0.05) is 10.6 Å². The van der Waals surface area contributed by atoms with Gasteiger partial charge in [-0.05, 0) is 48.6 Å². The third kappa shape index (κ3) is 3.89. The second-order valence-electron chi connectivity index (χ2n) is 5.61. The summed E-state index contributed by atoms with van der Waals surface area (Å²) in [4.78, 5) is 13.5. The van der Waals surface area contributed by atoms with Crippen LogP contribution >= 0.6 is 11.3 Å². The molecule has 1 aromatic carbocycles. The van der Waals surface area contributed by atoms with E-state index in [1.807, 2.05) is 23.6 Å². The van der Waals surface area contributed by atoms with Gasteiger partial charge in [-0.1, -0.05) is 12.1 Å². The van der Waals surface area contributed by atoms with Gasteiger partial charge in [0.15, 0.2) is 0 Å². The van der Waals surface area contributed by atoms with E-state index in [1.54, 1.807) is 11.3 Å². The number of anilines is 1. The van der Waals surface area contributed by atoms with Crippen molar-refractivity contribution in [2.75, 3.05) is 5.32 Å².